The number of ketones is 1. The van der Waals surface area contributed by atoms with Gasteiger partial charge in [-0.1, -0.05) is 24.5 Å². The predicted octanol–water partition coefficient (Wildman–Crippen LogP) is 1.57. The molecule has 0 amide bonds. The molecule has 0 aromatic rings. The van der Waals surface area contributed by atoms with E-state index in [1.165, 1.54) is 19.9 Å². The number of esters is 1. The second kappa shape index (κ2) is 7.28. The molecule has 2 rings (SSSR count). The number of allylic oxidation sites excluding steroid dienone is 2. The highest BCUT2D eigenvalue weighted by atomic mass is 16.6. The Kier molecular flexibility index (Phi) is 5.37. The first-order valence-electron chi connectivity index (χ1n) is 7.48. The average Bonchev–Trinajstić information content (AvgIpc) is 3.29. The number of carbonyl (C=O) groups is 3. The summed E-state index contributed by atoms with van der Waals surface area (Å²) in [6.07, 6.45) is 2.52. The lowest BCUT2D eigenvalue weighted by atomic mass is 9.96. The van der Waals surface area contributed by atoms with Crippen molar-refractivity contribution in [1.82, 2.24) is 0 Å². The van der Waals surface area contributed by atoms with Gasteiger partial charge in [-0.3, -0.25) is 9.59 Å². The van der Waals surface area contributed by atoms with Crippen LogP contribution in [0.1, 0.15) is 26.7 Å². The van der Waals surface area contributed by atoms with E-state index in [4.69, 9.17) is 14.6 Å². The molecule has 3 atom stereocenters. The number of carboxylic acid groups (broad SMARTS) is 1. The van der Waals surface area contributed by atoms with E-state index < -0.39 is 30.3 Å². The molecule has 1 aliphatic heterocycles. The van der Waals surface area contributed by atoms with Crippen molar-refractivity contribution in [2.24, 2.45) is 0 Å². The van der Waals surface area contributed by atoms with Crippen LogP contribution in [0, 0.1) is 11.8 Å². The van der Waals surface area contributed by atoms with Gasteiger partial charge in [-0.05, 0) is 31.4 Å². The van der Waals surface area contributed by atoms with Crippen molar-refractivity contribution in [2.45, 2.75) is 45.0 Å². The first kappa shape index (κ1) is 17.7. The van der Waals surface area contributed by atoms with Gasteiger partial charge in [0.1, 0.15) is 6.10 Å². The lowest BCUT2D eigenvalue weighted by Gasteiger charge is -2.14. The van der Waals surface area contributed by atoms with Gasteiger partial charge in [0.05, 0.1) is 5.57 Å². The fraction of sp³-hybridized carbons (Fsp3) is 0.389. The third-order valence-corrected chi connectivity index (χ3v) is 3.61. The van der Waals surface area contributed by atoms with Crippen LogP contribution in [0.15, 0.2) is 35.5 Å². The molecule has 2 aliphatic rings. The van der Waals surface area contributed by atoms with Gasteiger partial charge in [0.2, 0.25) is 5.78 Å². The number of rotatable bonds is 5. The molecule has 0 unspecified atom stereocenters. The zero-order valence-corrected chi connectivity index (χ0v) is 13.5. The van der Waals surface area contributed by atoms with E-state index in [1.807, 2.05) is 0 Å². The highest BCUT2D eigenvalue weighted by Gasteiger charge is 2.54. The smallest absolute Gasteiger partial charge is 0.330 e. The molecule has 1 fully saturated rings. The van der Waals surface area contributed by atoms with Crippen LogP contribution < -0.4 is 0 Å². The van der Waals surface area contributed by atoms with Gasteiger partial charge < -0.3 is 14.6 Å². The molecule has 0 radical (unpaired) electrons. The molecule has 6 heteroatoms. The minimum atomic E-state index is -0.958. The van der Waals surface area contributed by atoms with Crippen LogP contribution in [0.5, 0.6) is 0 Å². The normalized spacial score (nSPS) is 24.9. The summed E-state index contributed by atoms with van der Waals surface area (Å²) in [5.41, 5.74) is 1.10. The Balaban J connectivity index is 1.98. The number of carbonyl (C=O) groups excluding carboxylic acids is 2. The van der Waals surface area contributed by atoms with Gasteiger partial charge in [0.15, 0.2) is 12.2 Å². The first-order valence-corrected chi connectivity index (χ1v) is 7.48. The molecule has 1 N–H and O–H groups in total. The van der Waals surface area contributed by atoms with Crippen molar-refractivity contribution in [3.8, 4) is 11.8 Å². The highest BCUT2D eigenvalue weighted by molar-refractivity contribution is 6.06. The van der Waals surface area contributed by atoms with E-state index in [2.05, 4.69) is 18.4 Å². The molecule has 126 valence electrons. The SMILES string of the molecule is C=C(C#CC1=C[C@@H](OC(C)=O)[C@@H]2O[C@@H]2C1=O)CC/C=C(\C)C(=O)O. The summed E-state index contributed by atoms with van der Waals surface area (Å²) < 4.78 is 10.3. The van der Waals surface area contributed by atoms with Crippen molar-refractivity contribution < 1.29 is 29.0 Å². The first-order chi connectivity index (χ1) is 11.3. The van der Waals surface area contributed by atoms with E-state index in [0.29, 0.717) is 18.4 Å². The van der Waals surface area contributed by atoms with E-state index in [0.717, 1.165) is 0 Å². The van der Waals surface area contributed by atoms with Gasteiger partial charge in [-0.15, -0.1) is 0 Å². The number of ether oxygens (including phenoxy) is 2. The minimum absolute atomic E-state index is 0.217. The predicted molar refractivity (Wildman–Crippen MR) is 84.8 cm³/mol. The Bertz CT molecular complexity index is 716. The average molecular weight is 330 g/mol. The van der Waals surface area contributed by atoms with Crippen LogP contribution in [0.3, 0.4) is 0 Å². The summed E-state index contributed by atoms with van der Waals surface area (Å²) in [4.78, 5) is 33.8. The zero-order valence-electron chi connectivity index (χ0n) is 13.5. The summed E-state index contributed by atoms with van der Waals surface area (Å²) in [6.45, 7) is 6.61. The summed E-state index contributed by atoms with van der Waals surface area (Å²) in [5, 5.41) is 8.75. The maximum absolute atomic E-state index is 12.0. The van der Waals surface area contributed by atoms with Gasteiger partial charge in [-0.25, -0.2) is 4.79 Å². The van der Waals surface area contributed by atoms with Gasteiger partial charge in [0, 0.05) is 12.5 Å². The Morgan fingerprint density at radius 1 is 1.46 bits per heavy atom. The van der Waals surface area contributed by atoms with E-state index in [9.17, 15) is 14.4 Å². The van der Waals surface area contributed by atoms with E-state index in [1.54, 1.807) is 6.08 Å². The monoisotopic (exact) mass is 330 g/mol. The van der Waals surface area contributed by atoms with Gasteiger partial charge in [0.25, 0.3) is 0 Å². The minimum Gasteiger partial charge on any atom is -0.478 e. The topological polar surface area (TPSA) is 93.2 Å². The van der Waals surface area contributed by atoms with Gasteiger partial charge >= 0.3 is 11.9 Å². The van der Waals surface area contributed by atoms with Crippen molar-refractivity contribution in [3.05, 3.63) is 35.5 Å². The maximum atomic E-state index is 12.0. The molecule has 0 aromatic heterocycles. The molecular formula is C18H18O6. The Hall–Kier alpha value is -2.65. The van der Waals surface area contributed by atoms with Crippen LogP contribution in [0.25, 0.3) is 0 Å². The number of hydrogen-bond acceptors (Lipinski definition) is 5. The van der Waals surface area contributed by atoms with Crippen molar-refractivity contribution in [1.29, 1.82) is 0 Å². The number of aliphatic carboxylic acids is 1. The number of carboxylic acids is 1. The van der Waals surface area contributed by atoms with Crippen molar-refractivity contribution >= 4 is 17.7 Å². The summed E-state index contributed by atoms with van der Waals surface area (Å²) in [6, 6.07) is 0. The summed E-state index contributed by atoms with van der Waals surface area (Å²) in [7, 11) is 0. The van der Waals surface area contributed by atoms with E-state index >= 15 is 0 Å². The third kappa shape index (κ3) is 4.43. The van der Waals surface area contributed by atoms with Crippen LogP contribution in [-0.2, 0) is 23.9 Å². The van der Waals surface area contributed by atoms with Crippen molar-refractivity contribution in [2.75, 3.05) is 0 Å². The Labute approximate surface area is 139 Å². The molecule has 24 heavy (non-hydrogen) atoms. The van der Waals surface area contributed by atoms with E-state index in [-0.39, 0.29) is 16.9 Å². The molecule has 1 aliphatic carbocycles. The Morgan fingerprint density at radius 2 is 2.17 bits per heavy atom. The van der Waals surface area contributed by atoms with Crippen LogP contribution in [0.4, 0.5) is 0 Å². The van der Waals surface area contributed by atoms with Crippen LogP contribution in [0.2, 0.25) is 0 Å². The molecule has 0 bridgehead atoms. The summed E-state index contributed by atoms with van der Waals surface area (Å²) >= 11 is 0. The standard InChI is InChI=1S/C18H18O6/c1-10(5-4-6-11(2)18(21)22)7-8-13-9-14(23-12(3)19)16-17(24-16)15(13)20/h6,9,14,16-17H,1,4-5H2,2-3H3,(H,21,22)/b11-6+/t14-,16+,17-/m1/s1. The number of Topliss-reactive ketones (excluding diaryl/α,β-unsaturated/α-hetero) is 1. The largest absolute Gasteiger partial charge is 0.478 e. The van der Waals surface area contributed by atoms with Gasteiger partial charge in [-0.2, -0.15) is 0 Å². The Morgan fingerprint density at radius 3 is 2.79 bits per heavy atom. The molecule has 1 heterocycles. The van der Waals surface area contributed by atoms with Crippen LogP contribution in [-0.4, -0.2) is 41.1 Å². The number of hydrogen-bond donors (Lipinski definition) is 1. The second-order valence-electron chi connectivity index (χ2n) is 5.62. The molecular weight excluding hydrogens is 312 g/mol. The number of epoxide rings is 1. The highest BCUT2D eigenvalue weighted by Crippen LogP contribution is 2.35. The fourth-order valence-electron chi connectivity index (χ4n) is 2.24. The fourth-order valence-corrected chi connectivity index (χ4v) is 2.24. The molecule has 0 spiro atoms. The number of fused-ring (bicyclic) bond motifs is 1. The lowest BCUT2D eigenvalue weighted by Crippen LogP contribution is -2.30. The third-order valence-electron chi connectivity index (χ3n) is 3.61. The molecule has 0 aromatic carbocycles. The molecule has 0 saturated carbocycles. The maximum Gasteiger partial charge on any atom is 0.330 e. The van der Waals surface area contributed by atoms with Crippen LogP contribution >= 0.6 is 0 Å². The summed E-state index contributed by atoms with van der Waals surface area (Å²) in [5.74, 6) is 3.92. The quantitative estimate of drug-likeness (QED) is 0.356. The van der Waals surface area contributed by atoms with Crippen molar-refractivity contribution in [3.63, 3.8) is 0 Å². The molecule has 6 nitrogen and oxygen atoms in total. The lowest BCUT2D eigenvalue weighted by molar-refractivity contribution is -0.145. The second-order valence-corrected chi connectivity index (χ2v) is 5.62. The zero-order chi connectivity index (χ0) is 17.9. The molecule has 1 saturated heterocycles.